The summed E-state index contributed by atoms with van der Waals surface area (Å²) in [5.74, 6) is -1.19. The SMILES string of the molecule is O=C(O)C1CCC(=O)N1c1ccccc1Cl. The summed E-state index contributed by atoms with van der Waals surface area (Å²) >= 11 is 5.95. The highest BCUT2D eigenvalue weighted by atomic mass is 35.5. The van der Waals surface area contributed by atoms with Crippen LogP contribution in [-0.4, -0.2) is 23.0 Å². The fourth-order valence-electron chi connectivity index (χ4n) is 1.87. The third-order valence-corrected chi connectivity index (χ3v) is 2.93. The van der Waals surface area contributed by atoms with Crippen molar-refractivity contribution in [3.05, 3.63) is 29.3 Å². The van der Waals surface area contributed by atoms with Crippen molar-refractivity contribution in [2.24, 2.45) is 0 Å². The van der Waals surface area contributed by atoms with Gasteiger partial charge in [0.15, 0.2) is 0 Å². The molecule has 0 aliphatic carbocycles. The van der Waals surface area contributed by atoms with E-state index in [2.05, 4.69) is 0 Å². The number of nitrogens with zero attached hydrogens (tertiary/aromatic N) is 1. The van der Waals surface area contributed by atoms with Crippen molar-refractivity contribution in [1.82, 2.24) is 0 Å². The highest BCUT2D eigenvalue weighted by Crippen LogP contribution is 2.32. The standard InChI is InChI=1S/C11H10ClNO3/c12-7-3-1-2-4-8(7)13-9(11(15)16)5-6-10(13)14/h1-4,9H,5-6H2,(H,15,16). The fourth-order valence-corrected chi connectivity index (χ4v) is 2.09. The number of carboxylic acids is 1. The molecule has 1 aliphatic rings. The molecule has 0 aromatic heterocycles. The normalized spacial score (nSPS) is 20.2. The van der Waals surface area contributed by atoms with Gasteiger partial charge in [-0.1, -0.05) is 23.7 Å². The number of rotatable bonds is 2. The van der Waals surface area contributed by atoms with Crippen molar-refractivity contribution in [1.29, 1.82) is 0 Å². The molecule has 1 aromatic rings. The summed E-state index contributed by atoms with van der Waals surface area (Å²) in [7, 11) is 0. The fraction of sp³-hybridized carbons (Fsp3) is 0.273. The summed E-state index contributed by atoms with van der Waals surface area (Å²) in [6.45, 7) is 0. The minimum absolute atomic E-state index is 0.194. The maximum Gasteiger partial charge on any atom is 0.326 e. The Morgan fingerprint density at radius 3 is 2.75 bits per heavy atom. The molecule has 0 bridgehead atoms. The maximum atomic E-state index is 11.6. The molecule has 1 N–H and O–H groups in total. The molecule has 1 aliphatic heterocycles. The molecular formula is C11H10ClNO3. The number of anilines is 1. The molecule has 84 valence electrons. The van der Waals surface area contributed by atoms with Gasteiger partial charge in [-0.15, -0.1) is 0 Å². The lowest BCUT2D eigenvalue weighted by atomic mass is 10.2. The Bertz CT molecular complexity index is 447. The summed E-state index contributed by atoms with van der Waals surface area (Å²) in [5, 5.41) is 9.41. The van der Waals surface area contributed by atoms with Crippen LogP contribution in [0.15, 0.2) is 24.3 Å². The Labute approximate surface area is 97.4 Å². The van der Waals surface area contributed by atoms with Gasteiger partial charge in [-0.2, -0.15) is 0 Å². The van der Waals surface area contributed by atoms with Crippen LogP contribution in [0.1, 0.15) is 12.8 Å². The maximum absolute atomic E-state index is 11.6. The number of amides is 1. The molecule has 0 radical (unpaired) electrons. The number of carbonyl (C=O) groups is 2. The molecule has 1 amide bonds. The minimum Gasteiger partial charge on any atom is -0.480 e. The molecule has 1 heterocycles. The van der Waals surface area contributed by atoms with Crippen molar-refractivity contribution in [2.45, 2.75) is 18.9 Å². The highest BCUT2D eigenvalue weighted by Gasteiger charge is 2.37. The number of carbonyl (C=O) groups excluding carboxylic acids is 1. The third-order valence-electron chi connectivity index (χ3n) is 2.61. The van der Waals surface area contributed by atoms with Crippen molar-refractivity contribution in [3.63, 3.8) is 0 Å². The van der Waals surface area contributed by atoms with Crippen LogP contribution in [0.5, 0.6) is 0 Å². The van der Waals surface area contributed by atoms with Crippen molar-refractivity contribution in [2.75, 3.05) is 4.90 Å². The van der Waals surface area contributed by atoms with Gasteiger partial charge in [-0.05, 0) is 18.6 Å². The summed E-state index contributed by atoms with van der Waals surface area (Å²) in [6, 6.07) is 5.96. The first kappa shape index (κ1) is 11.0. The molecule has 1 fully saturated rings. The van der Waals surface area contributed by atoms with Gasteiger partial charge in [0, 0.05) is 6.42 Å². The summed E-state index contributed by atoms with van der Waals surface area (Å²) in [6.07, 6.45) is 0.585. The molecule has 5 heteroatoms. The first-order chi connectivity index (χ1) is 7.61. The van der Waals surface area contributed by atoms with Crippen LogP contribution < -0.4 is 4.90 Å². The molecule has 1 unspecified atom stereocenters. The minimum atomic E-state index is -0.995. The number of benzene rings is 1. The molecule has 0 saturated carbocycles. The van der Waals surface area contributed by atoms with E-state index in [-0.39, 0.29) is 12.3 Å². The summed E-state index contributed by atoms with van der Waals surface area (Å²) in [5.41, 5.74) is 0.471. The van der Waals surface area contributed by atoms with Crippen LogP contribution >= 0.6 is 11.6 Å². The third kappa shape index (κ3) is 1.76. The summed E-state index contributed by atoms with van der Waals surface area (Å²) < 4.78 is 0. The first-order valence-corrected chi connectivity index (χ1v) is 5.28. The van der Waals surface area contributed by atoms with Crippen LogP contribution in [0.3, 0.4) is 0 Å². The Kier molecular flexibility index (Phi) is 2.83. The predicted molar refractivity (Wildman–Crippen MR) is 59.6 cm³/mol. The van der Waals surface area contributed by atoms with E-state index in [0.29, 0.717) is 17.1 Å². The smallest absolute Gasteiger partial charge is 0.326 e. The molecular weight excluding hydrogens is 230 g/mol. The van der Waals surface area contributed by atoms with Gasteiger partial charge in [0.05, 0.1) is 10.7 Å². The average molecular weight is 240 g/mol. The second-order valence-electron chi connectivity index (χ2n) is 3.61. The largest absolute Gasteiger partial charge is 0.480 e. The first-order valence-electron chi connectivity index (χ1n) is 4.90. The van der Waals surface area contributed by atoms with Gasteiger partial charge in [-0.25, -0.2) is 4.79 Å². The zero-order valence-corrected chi connectivity index (χ0v) is 9.15. The van der Waals surface area contributed by atoms with Gasteiger partial charge >= 0.3 is 5.97 Å². The molecule has 1 atom stereocenters. The van der Waals surface area contributed by atoms with E-state index in [1.165, 1.54) is 4.90 Å². The second kappa shape index (κ2) is 4.14. The zero-order valence-electron chi connectivity index (χ0n) is 8.39. The van der Waals surface area contributed by atoms with Gasteiger partial charge < -0.3 is 5.11 Å². The van der Waals surface area contributed by atoms with Crippen LogP contribution in [0, 0.1) is 0 Å². The van der Waals surface area contributed by atoms with Crippen LogP contribution in [-0.2, 0) is 9.59 Å². The predicted octanol–water partition coefficient (Wildman–Crippen LogP) is 1.92. The molecule has 16 heavy (non-hydrogen) atoms. The number of para-hydroxylation sites is 1. The number of aliphatic carboxylic acids is 1. The topological polar surface area (TPSA) is 57.6 Å². The van der Waals surface area contributed by atoms with Gasteiger partial charge in [0.1, 0.15) is 6.04 Å². The Balaban J connectivity index is 2.41. The lowest BCUT2D eigenvalue weighted by Gasteiger charge is -2.22. The summed E-state index contributed by atoms with van der Waals surface area (Å²) in [4.78, 5) is 23.9. The van der Waals surface area contributed by atoms with E-state index >= 15 is 0 Å². The van der Waals surface area contributed by atoms with Crippen molar-refractivity contribution >= 4 is 29.2 Å². The number of hydrogen-bond acceptors (Lipinski definition) is 2. The molecule has 0 spiro atoms. The molecule has 2 rings (SSSR count). The highest BCUT2D eigenvalue weighted by molar-refractivity contribution is 6.34. The van der Waals surface area contributed by atoms with E-state index in [0.717, 1.165) is 0 Å². The van der Waals surface area contributed by atoms with E-state index < -0.39 is 12.0 Å². The lowest BCUT2D eigenvalue weighted by Crippen LogP contribution is -2.38. The molecule has 1 aromatic carbocycles. The quantitative estimate of drug-likeness (QED) is 0.858. The van der Waals surface area contributed by atoms with E-state index in [1.54, 1.807) is 24.3 Å². The van der Waals surface area contributed by atoms with E-state index in [1.807, 2.05) is 0 Å². The Hall–Kier alpha value is -1.55. The monoisotopic (exact) mass is 239 g/mol. The van der Waals surface area contributed by atoms with E-state index in [4.69, 9.17) is 16.7 Å². The van der Waals surface area contributed by atoms with Gasteiger partial charge in [-0.3, -0.25) is 9.69 Å². The van der Waals surface area contributed by atoms with Crippen LogP contribution in [0.4, 0.5) is 5.69 Å². The zero-order chi connectivity index (χ0) is 11.7. The van der Waals surface area contributed by atoms with Crippen molar-refractivity contribution < 1.29 is 14.7 Å². The molecule has 1 saturated heterocycles. The molecule has 4 nitrogen and oxygen atoms in total. The number of carboxylic acid groups (broad SMARTS) is 1. The number of halogens is 1. The number of hydrogen-bond donors (Lipinski definition) is 1. The second-order valence-corrected chi connectivity index (χ2v) is 4.02. The van der Waals surface area contributed by atoms with E-state index in [9.17, 15) is 9.59 Å². The van der Waals surface area contributed by atoms with Gasteiger partial charge in [0.25, 0.3) is 0 Å². The average Bonchev–Trinajstić information content (AvgIpc) is 2.61. The van der Waals surface area contributed by atoms with Gasteiger partial charge in [0.2, 0.25) is 5.91 Å². The lowest BCUT2D eigenvalue weighted by molar-refractivity contribution is -0.138. The van der Waals surface area contributed by atoms with Crippen LogP contribution in [0.25, 0.3) is 0 Å². The van der Waals surface area contributed by atoms with Crippen molar-refractivity contribution in [3.8, 4) is 0 Å². The Morgan fingerprint density at radius 2 is 2.12 bits per heavy atom. The van der Waals surface area contributed by atoms with Crippen LogP contribution in [0.2, 0.25) is 5.02 Å². The Morgan fingerprint density at radius 1 is 1.44 bits per heavy atom.